The highest BCUT2D eigenvalue weighted by atomic mass is 16.5. The molecule has 0 heterocycles. The number of hydrogen-bond acceptors (Lipinski definition) is 2. The highest BCUT2D eigenvalue weighted by Crippen LogP contribution is 2.34. The quantitative estimate of drug-likeness (QED) is 0.891. The number of nitrogens with two attached hydrogens (primary N) is 1. The molecule has 0 amide bonds. The van der Waals surface area contributed by atoms with E-state index in [1.807, 2.05) is 0 Å². The van der Waals surface area contributed by atoms with Crippen LogP contribution in [0.1, 0.15) is 57.1 Å². The Hall–Kier alpha value is -1.02. The Balaban J connectivity index is 2.21. The molecule has 1 saturated carbocycles. The van der Waals surface area contributed by atoms with Gasteiger partial charge >= 0.3 is 0 Å². The van der Waals surface area contributed by atoms with Crippen LogP contribution in [0.5, 0.6) is 5.75 Å². The lowest BCUT2D eigenvalue weighted by molar-refractivity contribution is 0.0731. The molecule has 3 atom stereocenters. The fourth-order valence-electron chi connectivity index (χ4n) is 3.19. The fraction of sp³-hybridized carbons (Fsp3) is 0.667. The van der Waals surface area contributed by atoms with Crippen LogP contribution < -0.4 is 10.5 Å². The van der Waals surface area contributed by atoms with Gasteiger partial charge in [-0.1, -0.05) is 39.3 Å². The molecule has 2 N–H and O–H groups in total. The molecule has 1 aromatic carbocycles. The summed E-state index contributed by atoms with van der Waals surface area (Å²) in [5.74, 6) is 2.81. The molecule has 1 aromatic rings. The van der Waals surface area contributed by atoms with Crippen molar-refractivity contribution in [2.45, 2.75) is 59.0 Å². The second kappa shape index (κ2) is 6.62. The first-order valence-electron chi connectivity index (χ1n) is 7.98. The van der Waals surface area contributed by atoms with Gasteiger partial charge in [-0.25, -0.2) is 0 Å². The second-order valence-electron chi connectivity index (χ2n) is 6.77. The molecule has 0 aromatic heterocycles. The lowest BCUT2D eigenvalue weighted by atomic mass is 9.80. The molecular formula is C18H29NO. The highest BCUT2D eigenvalue weighted by Gasteiger charge is 2.29. The Kier molecular flexibility index (Phi) is 5.09. The van der Waals surface area contributed by atoms with Crippen LogP contribution in [0.3, 0.4) is 0 Å². The summed E-state index contributed by atoms with van der Waals surface area (Å²) in [5.41, 5.74) is 8.51. The summed E-state index contributed by atoms with van der Waals surface area (Å²) in [7, 11) is 0. The molecular weight excluding hydrogens is 246 g/mol. The minimum Gasteiger partial charge on any atom is -0.490 e. The van der Waals surface area contributed by atoms with Crippen LogP contribution in [-0.2, 0) is 0 Å². The van der Waals surface area contributed by atoms with E-state index in [0.29, 0.717) is 11.8 Å². The summed E-state index contributed by atoms with van der Waals surface area (Å²) < 4.78 is 6.42. The van der Waals surface area contributed by atoms with Crippen molar-refractivity contribution in [3.05, 3.63) is 29.3 Å². The molecule has 20 heavy (non-hydrogen) atoms. The molecule has 0 saturated heterocycles. The minimum absolute atomic E-state index is 0.281. The van der Waals surface area contributed by atoms with Gasteiger partial charge in [-0.3, -0.25) is 0 Å². The van der Waals surface area contributed by atoms with E-state index in [9.17, 15) is 0 Å². The van der Waals surface area contributed by atoms with Gasteiger partial charge < -0.3 is 10.5 Å². The standard InChI is InChI=1S/C18H29NO/c1-12(2)16-8-6-14(4)10-18(16)20-17-9-13(3)5-7-15(17)11-19/h6,8,10,12-13,15,17H,5,7,9,11,19H2,1-4H3. The number of rotatable bonds is 4. The summed E-state index contributed by atoms with van der Waals surface area (Å²) in [6, 6.07) is 6.56. The van der Waals surface area contributed by atoms with E-state index >= 15 is 0 Å². The third-order valence-electron chi connectivity index (χ3n) is 4.56. The van der Waals surface area contributed by atoms with E-state index < -0.39 is 0 Å². The molecule has 3 unspecified atom stereocenters. The minimum atomic E-state index is 0.281. The van der Waals surface area contributed by atoms with Crippen LogP contribution in [0, 0.1) is 18.8 Å². The van der Waals surface area contributed by atoms with Crippen LogP contribution in [0.4, 0.5) is 0 Å². The van der Waals surface area contributed by atoms with Crippen molar-refractivity contribution >= 4 is 0 Å². The first kappa shape index (κ1) is 15.4. The summed E-state index contributed by atoms with van der Waals surface area (Å²) in [6.07, 6.45) is 3.90. The fourth-order valence-corrected chi connectivity index (χ4v) is 3.19. The largest absolute Gasteiger partial charge is 0.490 e. The third-order valence-corrected chi connectivity index (χ3v) is 4.56. The van der Waals surface area contributed by atoms with Crippen molar-refractivity contribution in [3.8, 4) is 5.75 Å². The maximum absolute atomic E-state index is 6.42. The molecule has 0 radical (unpaired) electrons. The van der Waals surface area contributed by atoms with Gasteiger partial charge in [0.25, 0.3) is 0 Å². The van der Waals surface area contributed by atoms with Crippen LogP contribution in [-0.4, -0.2) is 12.6 Å². The van der Waals surface area contributed by atoms with Crippen molar-refractivity contribution in [1.82, 2.24) is 0 Å². The van der Waals surface area contributed by atoms with E-state index in [1.54, 1.807) is 0 Å². The molecule has 1 aliphatic carbocycles. The maximum atomic E-state index is 6.42. The average Bonchev–Trinajstić information content (AvgIpc) is 2.38. The van der Waals surface area contributed by atoms with Crippen molar-refractivity contribution < 1.29 is 4.74 Å². The SMILES string of the molecule is Cc1ccc(C(C)C)c(OC2CC(C)CCC2CN)c1. The third kappa shape index (κ3) is 3.54. The van der Waals surface area contributed by atoms with E-state index in [2.05, 4.69) is 45.9 Å². The van der Waals surface area contributed by atoms with E-state index in [4.69, 9.17) is 10.5 Å². The van der Waals surface area contributed by atoms with E-state index in [-0.39, 0.29) is 6.10 Å². The number of ether oxygens (including phenoxy) is 1. The van der Waals surface area contributed by atoms with E-state index in [0.717, 1.165) is 24.6 Å². The molecule has 0 spiro atoms. The summed E-state index contributed by atoms with van der Waals surface area (Å²) >= 11 is 0. The van der Waals surface area contributed by atoms with Crippen LogP contribution in [0.25, 0.3) is 0 Å². The summed E-state index contributed by atoms with van der Waals surface area (Å²) in [6.45, 7) is 9.63. The van der Waals surface area contributed by atoms with Crippen molar-refractivity contribution in [2.75, 3.05) is 6.54 Å². The number of aryl methyl sites for hydroxylation is 1. The molecule has 2 rings (SSSR count). The van der Waals surface area contributed by atoms with Crippen molar-refractivity contribution in [1.29, 1.82) is 0 Å². The first-order valence-corrected chi connectivity index (χ1v) is 7.98. The van der Waals surface area contributed by atoms with Gasteiger partial charge in [0.05, 0.1) is 0 Å². The summed E-state index contributed by atoms with van der Waals surface area (Å²) in [5, 5.41) is 0. The van der Waals surface area contributed by atoms with Gasteiger partial charge in [-0.15, -0.1) is 0 Å². The second-order valence-corrected chi connectivity index (χ2v) is 6.77. The topological polar surface area (TPSA) is 35.2 Å². The van der Waals surface area contributed by atoms with Crippen molar-refractivity contribution in [3.63, 3.8) is 0 Å². The predicted molar refractivity (Wildman–Crippen MR) is 85.2 cm³/mol. The molecule has 0 bridgehead atoms. The van der Waals surface area contributed by atoms with Crippen molar-refractivity contribution in [2.24, 2.45) is 17.6 Å². The normalized spacial score (nSPS) is 26.8. The Morgan fingerprint density at radius 3 is 2.70 bits per heavy atom. The molecule has 112 valence electrons. The molecule has 2 nitrogen and oxygen atoms in total. The zero-order chi connectivity index (χ0) is 14.7. The van der Waals surface area contributed by atoms with Gasteiger partial charge in [0.2, 0.25) is 0 Å². The van der Waals surface area contributed by atoms with Crippen LogP contribution in [0.15, 0.2) is 18.2 Å². The lowest BCUT2D eigenvalue weighted by Gasteiger charge is -2.35. The van der Waals surface area contributed by atoms with Gasteiger partial charge in [0.1, 0.15) is 11.9 Å². The highest BCUT2D eigenvalue weighted by molar-refractivity contribution is 5.39. The Morgan fingerprint density at radius 2 is 2.05 bits per heavy atom. The molecule has 0 aliphatic heterocycles. The zero-order valence-electron chi connectivity index (χ0n) is 13.4. The first-order chi connectivity index (χ1) is 9.51. The molecule has 1 fully saturated rings. The van der Waals surface area contributed by atoms with Crippen LogP contribution >= 0.6 is 0 Å². The Morgan fingerprint density at radius 1 is 1.30 bits per heavy atom. The molecule has 2 heteroatoms. The average molecular weight is 275 g/mol. The smallest absolute Gasteiger partial charge is 0.123 e. The maximum Gasteiger partial charge on any atom is 0.123 e. The van der Waals surface area contributed by atoms with Gasteiger partial charge in [0, 0.05) is 5.92 Å². The van der Waals surface area contributed by atoms with Gasteiger partial charge in [-0.05, 0) is 55.3 Å². The van der Waals surface area contributed by atoms with Gasteiger partial charge in [0.15, 0.2) is 0 Å². The number of hydrogen-bond donors (Lipinski definition) is 1. The zero-order valence-corrected chi connectivity index (χ0v) is 13.4. The summed E-state index contributed by atoms with van der Waals surface area (Å²) in [4.78, 5) is 0. The predicted octanol–water partition coefficient (Wildman–Crippen LogP) is 4.26. The Bertz CT molecular complexity index is 441. The van der Waals surface area contributed by atoms with Crippen LogP contribution in [0.2, 0.25) is 0 Å². The lowest BCUT2D eigenvalue weighted by Crippen LogP contribution is -2.38. The Labute approximate surface area is 123 Å². The molecule has 1 aliphatic rings. The van der Waals surface area contributed by atoms with E-state index in [1.165, 1.54) is 24.0 Å². The number of benzene rings is 1. The van der Waals surface area contributed by atoms with Gasteiger partial charge in [-0.2, -0.15) is 0 Å². The monoisotopic (exact) mass is 275 g/mol.